The highest BCUT2D eigenvalue weighted by Gasteiger charge is 2.39. The number of carbonyl (C=O) groups is 2. The fourth-order valence-electron chi connectivity index (χ4n) is 7.08. The van der Waals surface area contributed by atoms with Gasteiger partial charge < -0.3 is 24.6 Å². The van der Waals surface area contributed by atoms with E-state index >= 15 is 0 Å². The van der Waals surface area contributed by atoms with Crippen LogP contribution in [0.5, 0.6) is 0 Å². The van der Waals surface area contributed by atoms with E-state index in [-0.39, 0.29) is 42.4 Å². The summed E-state index contributed by atoms with van der Waals surface area (Å²) < 4.78 is 19.0. The fourth-order valence-corrected chi connectivity index (χ4v) is 7.08. The Labute approximate surface area is 310 Å². The van der Waals surface area contributed by atoms with Gasteiger partial charge in [0.1, 0.15) is 17.3 Å². The molecule has 4 atom stereocenters. The molecule has 5 aromatic rings. The molecule has 2 N–H and O–H groups in total. The third kappa shape index (κ3) is 8.80. The summed E-state index contributed by atoms with van der Waals surface area (Å²) >= 11 is 0. The van der Waals surface area contributed by atoms with Crippen molar-refractivity contribution in [1.29, 1.82) is 0 Å². The van der Waals surface area contributed by atoms with E-state index in [4.69, 9.17) is 14.2 Å². The van der Waals surface area contributed by atoms with Gasteiger partial charge in [-0.2, -0.15) is 0 Å². The Morgan fingerprint density at radius 1 is 0.906 bits per heavy atom. The van der Waals surface area contributed by atoms with Gasteiger partial charge in [0.15, 0.2) is 6.29 Å². The number of hydrogen-bond acceptors (Lipinski definition) is 9. The smallest absolute Gasteiger partial charge is 0.323 e. The van der Waals surface area contributed by atoms with Gasteiger partial charge in [0.25, 0.3) is 5.91 Å². The summed E-state index contributed by atoms with van der Waals surface area (Å²) in [7, 11) is 0. The van der Waals surface area contributed by atoms with E-state index in [1.165, 1.54) is 6.20 Å². The molecule has 1 amide bonds. The number of nitrogens with zero attached hydrogens (tertiary/aromatic N) is 3. The minimum Gasteiger partial charge on any atom is -0.459 e. The standard InChI is InChI=1S/C43H46N4O6/c1-43(2,3)53-41(50)38-13-8-22-47(38)26-33-23-39(30-16-14-28(27-48)15-17-30)52-42(51-33)31-20-18-29(19-21-31)34-10-5-4-9-32(34)24-45-40(49)37-25-44-35-11-6-7-12-36(35)46-37/h4-7,9-12,14-21,25,33,38-39,42,48H,8,13,22-24,26-27H2,1-3H3,(H,45,49). The van der Waals surface area contributed by atoms with E-state index < -0.39 is 11.9 Å². The molecular weight excluding hydrogens is 668 g/mol. The van der Waals surface area contributed by atoms with Crippen molar-refractivity contribution in [2.24, 2.45) is 0 Å². The molecule has 0 radical (unpaired) electrons. The lowest BCUT2D eigenvalue weighted by Crippen LogP contribution is -2.45. The predicted octanol–water partition coefficient (Wildman–Crippen LogP) is 7.07. The molecule has 4 aromatic carbocycles. The number of aromatic nitrogens is 2. The van der Waals surface area contributed by atoms with Crippen LogP contribution < -0.4 is 5.32 Å². The second-order valence-electron chi connectivity index (χ2n) is 14.7. The summed E-state index contributed by atoms with van der Waals surface area (Å²) in [6, 6.07) is 31.1. The van der Waals surface area contributed by atoms with Crippen LogP contribution in [0.25, 0.3) is 22.2 Å². The summed E-state index contributed by atoms with van der Waals surface area (Å²) in [5.74, 6) is -0.478. The van der Waals surface area contributed by atoms with Crippen LogP contribution >= 0.6 is 0 Å². The van der Waals surface area contributed by atoms with Crippen LogP contribution in [0, 0.1) is 0 Å². The Balaban J connectivity index is 1.07. The highest BCUT2D eigenvalue weighted by atomic mass is 16.7. The molecule has 0 aliphatic carbocycles. The molecule has 10 nitrogen and oxygen atoms in total. The molecule has 274 valence electrons. The van der Waals surface area contributed by atoms with Gasteiger partial charge in [-0.3, -0.25) is 19.5 Å². The lowest BCUT2D eigenvalue weighted by molar-refractivity contribution is -0.253. The summed E-state index contributed by atoms with van der Waals surface area (Å²) in [6.45, 7) is 7.36. The molecule has 53 heavy (non-hydrogen) atoms. The molecule has 0 spiro atoms. The Kier molecular flexibility index (Phi) is 10.9. The lowest BCUT2D eigenvalue weighted by atomic mass is 9.97. The van der Waals surface area contributed by atoms with E-state index in [1.807, 2.05) is 118 Å². The topological polar surface area (TPSA) is 123 Å². The summed E-state index contributed by atoms with van der Waals surface area (Å²) in [5, 5.41) is 12.6. The van der Waals surface area contributed by atoms with E-state index in [0.717, 1.165) is 58.3 Å². The highest BCUT2D eigenvalue weighted by molar-refractivity contribution is 5.93. The third-order valence-electron chi connectivity index (χ3n) is 9.73. The Hall–Kier alpha value is -5.00. The van der Waals surface area contributed by atoms with E-state index in [9.17, 15) is 14.7 Å². The van der Waals surface area contributed by atoms with Crippen molar-refractivity contribution in [2.45, 2.75) is 83.3 Å². The Morgan fingerprint density at radius 2 is 1.62 bits per heavy atom. The zero-order valence-corrected chi connectivity index (χ0v) is 30.4. The van der Waals surface area contributed by atoms with Gasteiger partial charge in [0.05, 0.1) is 36.0 Å². The maximum atomic E-state index is 13.1. The van der Waals surface area contributed by atoms with Gasteiger partial charge in [-0.05, 0) is 80.1 Å². The number of aliphatic hydroxyl groups is 1. The molecule has 1 aromatic heterocycles. The van der Waals surface area contributed by atoms with Gasteiger partial charge >= 0.3 is 5.97 Å². The first-order valence-electron chi connectivity index (χ1n) is 18.3. The van der Waals surface area contributed by atoms with Crippen LogP contribution in [-0.2, 0) is 32.2 Å². The number of fused-ring (bicyclic) bond motifs is 1. The highest BCUT2D eigenvalue weighted by Crippen LogP contribution is 2.39. The van der Waals surface area contributed by atoms with Crippen LogP contribution in [0.15, 0.2) is 103 Å². The molecule has 3 heterocycles. The van der Waals surface area contributed by atoms with E-state index in [2.05, 4.69) is 20.2 Å². The minimum absolute atomic E-state index is 0.0256. The SMILES string of the molecule is CC(C)(C)OC(=O)C1CCCN1CC1CC(c2ccc(CO)cc2)OC(c2ccc(-c3ccccc3CNC(=O)c3cnc4ccccc4n3)cc2)O1. The summed E-state index contributed by atoms with van der Waals surface area (Å²) in [5.41, 5.74) is 6.80. The third-order valence-corrected chi connectivity index (χ3v) is 9.73. The molecular formula is C43H46N4O6. The van der Waals surface area contributed by atoms with Crippen LogP contribution in [0.3, 0.4) is 0 Å². The largest absolute Gasteiger partial charge is 0.459 e. The van der Waals surface area contributed by atoms with Crippen LogP contribution in [0.2, 0.25) is 0 Å². The first kappa shape index (κ1) is 36.4. The number of rotatable bonds is 10. The fraction of sp³-hybridized carbons (Fsp3) is 0.349. The summed E-state index contributed by atoms with van der Waals surface area (Å²) in [6.07, 6.45) is 2.73. The van der Waals surface area contributed by atoms with Crippen LogP contribution in [0.1, 0.15) is 85.2 Å². The molecule has 0 bridgehead atoms. The summed E-state index contributed by atoms with van der Waals surface area (Å²) in [4.78, 5) is 37.2. The number of likely N-dealkylation sites (tertiary alicyclic amines) is 1. The van der Waals surface area contributed by atoms with Crippen LogP contribution in [-0.4, -0.2) is 62.7 Å². The quantitative estimate of drug-likeness (QED) is 0.146. The zero-order valence-electron chi connectivity index (χ0n) is 30.4. The second kappa shape index (κ2) is 15.9. The van der Waals surface area contributed by atoms with Crippen LogP contribution in [0.4, 0.5) is 0 Å². The van der Waals surface area contributed by atoms with Crippen molar-refractivity contribution >= 4 is 22.9 Å². The number of amides is 1. The first-order valence-corrected chi connectivity index (χ1v) is 18.3. The van der Waals surface area contributed by atoms with Gasteiger partial charge in [0, 0.05) is 25.1 Å². The molecule has 2 saturated heterocycles. The maximum absolute atomic E-state index is 13.1. The van der Waals surface area contributed by atoms with Gasteiger partial charge in [-0.25, -0.2) is 4.98 Å². The van der Waals surface area contributed by atoms with Gasteiger partial charge in [-0.15, -0.1) is 0 Å². The van der Waals surface area contributed by atoms with E-state index in [0.29, 0.717) is 25.0 Å². The number of nitrogens with one attached hydrogen (secondary N) is 1. The minimum atomic E-state index is -0.634. The number of hydrogen-bond donors (Lipinski definition) is 2. The average molecular weight is 715 g/mol. The van der Waals surface area contributed by atoms with Crippen molar-refractivity contribution < 1.29 is 28.9 Å². The second-order valence-corrected chi connectivity index (χ2v) is 14.7. The van der Waals surface area contributed by atoms with Crippen molar-refractivity contribution in [3.05, 3.63) is 131 Å². The molecule has 7 rings (SSSR count). The molecule has 4 unspecified atom stereocenters. The number of ether oxygens (including phenoxy) is 3. The lowest BCUT2D eigenvalue weighted by Gasteiger charge is -2.38. The zero-order chi connectivity index (χ0) is 37.0. The normalized spacial score (nSPS) is 20.7. The molecule has 10 heteroatoms. The number of aliphatic hydroxyl groups excluding tert-OH is 1. The van der Waals surface area contributed by atoms with Gasteiger partial charge in [0.2, 0.25) is 0 Å². The molecule has 2 fully saturated rings. The number of carbonyl (C=O) groups excluding carboxylic acids is 2. The first-order chi connectivity index (χ1) is 25.6. The molecule has 2 aliphatic heterocycles. The van der Waals surface area contributed by atoms with Crippen molar-refractivity contribution in [3.8, 4) is 11.1 Å². The Bertz CT molecular complexity index is 2050. The molecule has 0 saturated carbocycles. The van der Waals surface area contributed by atoms with Gasteiger partial charge in [-0.1, -0.05) is 84.9 Å². The number of benzene rings is 4. The monoisotopic (exact) mass is 714 g/mol. The number of para-hydroxylation sites is 2. The van der Waals surface area contributed by atoms with Crippen molar-refractivity contribution in [2.75, 3.05) is 13.1 Å². The molecule has 2 aliphatic rings. The van der Waals surface area contributed by atoms with Crippen molar-refractivity contribution in [1.82, 2.24) is 20.2 Å². The number of esters is 1. The Morgan fingerprint density at radius 3 is 2.38 bits per heavy atom. The predicted molar refractivity (Wildman–Crippen MR) is 201 cm³/mol. The maximum Gasteiger partial charge on any atom is 0.323 e. The van der Waals surface area contributed by atoms with Crippen molar-refractivity contribution in [3.63, 3.8) is 0 Å². The average Bonchev–Trinajstić information content (AvgIpc) is 3.64. The van der Waals surface area contributed by atoms with E-state index in [1.54, 1.807) is 0 Å².